The summed E-state index contributed by atoms with van der Waals surface area (Å²) in [5.41, 5.74) is 1.45. The van der Waals surface area contributed by atoms with Crippen molar-refractivity contribution >= 4 is 29.9 Å². The van der Waals surface area contributed by atoms with Crippen molar-refractivity contribution < 1.29 is 14.0 Å². The minimum Gasteiger partial charge on any atom is -0.348 e. The van der Waals surface area contributed by atoms with E-state index in [4.69, 9.17) is 0 Å². The second-order valence-electron chi connectivity index (χ2n) is 6.09. The van der Waals surface area contributed by atoms with E-state index in [1.165, 1.54) is 18.2 Å². The van der Waals surface area contributed by atoms with Crippen LogP contribution < -0.4 is 16.0 Å². The van der Waals surface area contributed by atoms with Crippen molar-refractivity contribution in [1.82, 2.24) is 10.6 Å². The number of nitrogens with one attached hydrogen (secondary N) is 3. The van der Waals surface area contributed by atoms with Gasteiger partial charge in [0.15, 0.2) is 0 Å². The van der Waals surface area contributed by atoms with Crippen molar-refractivity contribution in [2.75, 3.05) is 18.4 Å². The molecule has 0 bridgehead atoms. The molecule has 0 radical (unpaired) electrons. The zero-order valence-electron chi connectivity index (χ0n) is 14.3. The highest BCUT2D eigenvalue weighted by Gasteiger charge is 2.21. The molecule has 1 aliphatic rings. The number of benzene rings is 2. The highest BCUT2D eigenvalue weighted by molar-refractivity contribution is 6.09. The quantitative estimate of drug-likeness (QED) is 0.767. The van der Waals surface area contributed by atoms with Gasteiger partial charge in [0.05, 0.1) is 16.8 Å². The third-order valence-corrected chi connectivity index (χ3v) is 4.27. The molecule has 1 atom stereocenters. The molecule has 138 valence electrons. The van der Waals surface area contributed by atoms with Crippen LogP contribution in [0, 0.1) is 12.7 Å². The number of hydrogen-bond acceptors (Lipinski definition) is 3. The Morgan fingerprint density at radius 1 is 1.08 bits per heavy atom. The summed E-state index contributed by atoms with van der Waals surface area (Å²) in [6.45, 7) is 3.40. The minimum absolute atomic E-state index is 0. The zero-order valence-corrected chi connectivity index (χ0v) is 15.2. The lowest BCUT2D eigenvalue weighted by atomic mass is 10.1. The molecule has 1 heterocycles. The molecule has 2 aromatic carbocycles. The summed E-state index contributed by atoms with van der Waals surface area (Å²) < 4.78 is 13.8. The van der Waals surface area contributed by atoms with Crippen LogP contribution in [-0.4, -0.2) is 30.9 Å². The van der Waals surface area contributed by atoms with Crippen molar-refractivity contribution in [2.24, 2.45) is 0 Å². The smallest absolute Gasteiger partial charge is 0.258 e. The first kappa shape index (κ1) is 19.9. The van der Waals surface area contributed by atoms with Gasteiger partial charge in [0.25, 0.3) is 11.8 Å². The molecule has 2 aromatic rings. The van der Waals surface area contributed by atoms with Crippen molar-refractivity contribution in [3.05, 3.63) is 65.0 Å². The molecular weight excluding hydrogens is 357 g/mol. The lowest BCUT2D eigenvalue weighted by Gasteiger charge is -2.16. The van der Waals surface area contributed by atoms with Gasteiger partial charge in [-0.2, -0.15) is 0 Å². The summed E-state index contributed by atoms with van der Waals surface area (Å²) in [5.74, 6) is -1.43. The van der Waals surface area contributed by atoms with Crippen LogP contribution in [0.3, 0.4) is 0 Å². The van der Waals surface area contributed by atoms with Crippen LogP contribution in [0.2, 0.25) is 0 Å². The van der Waals surface area contributed by atoms with Gasteiger partial charge in [-0.3, -0.25) is 9.59 Å². The lowest BCUT2D eigenvalue weighted by molar-refractivity contribution is 0.0941. The number of carbonyl (C=O) groups is 2. The van der Waals surface area contributed by atoms with Gasteiger partial charge in [0, 0.05) is 12.6 Å². The van der Waals surface area contributed by atoms with Gasteiger partial charge < -0.3 is 16.0 Å². The van der Waals surface area contributed by atoms with Crippen LogP contribution in [0.5, 0.6) is 0 Å². The van der Waals surface area contributed by atoms with Crippen LogP contribution in [0.1, 0.15) is 32.7 Å². The number of hydrogen-bond donors (Lipinski definition) is 3. The molecule has 7 heteroatoms. The van der Waals surface area contributed by atoms with Crippen molar-refractivity contribution in [1.29, 1.82) is 0 Å². The number of amides is 2. The van der Waals surface area contributed by atoms with E-state index in [1.807, 2.05) is 0 Å². The Hall–Kier alpha value is -2.44. The number of halogens is 2. The topological polar surface area (TPSA) is 70.2 Å². The molecule has 0 saturated carbocycles. The Morgan fingerprint density at radius 2 is 1.81 bits per heavy atom. The molecule has 1 unspecified atom stereocenters. The zero-order chi connectivity index (χ0) is 17.8. The standard InChI is InChI=1S/C19H20FN3O2.ClH/c1-12-5-4-7-15(19(25)22-13-9-10-21-11-13)17(12)23-18(24)14-6-2-3-8-16(14)20;/h2-8,13,21H,9-11H2,1H3,(H,22,25)(H,23,24);1H. The van der Waals surface area contributed by atoms with Crippen LogP contribution in [0.25, 0.3) is 0 Å². The van der Waals surface area contributed by atoms with Crippen LogP contribution in [0.4, 0.5) is 10.1 Å². The van der Waals surface area contributed by atoms with Crippen molar-refractivity contribution in [3.63, 3.8) is 0 Å². The van der Waals surface area contributed by atoms with E-state index < -0.39 is 11.7 Å². The maximum atomic E-state index is 13.8. The number of anilines is 1. The second-order valence-corrected chi connectivity index (χ2v) is 6.09. The monoisotopic (exact) mass is 377 g/mol. The van der Waals surface area contributed by atoms with Crippen LogP contribution >= 0.6 is 12.4 Å². The van der Waals surface area contributed by atoms with E-state index in [9.17, 15) is 14.0 Å². The third kappa shape index (κ3) is 4.39. The first-order chi connectivity index (χ1) is 12.1. The highest BCUT2D eigenvalue weighted by Crippen LogP contribution is 2.22. The molecule has 1 saturated heterocycles. The van der Waals surface area contributed by atoms with Crippen LogP contribution in [0.15, 0.2) is 42.5 Å². The largest absolute Gasteiger partial charge is 0.348 e. The molecule has 1 fully saturated rings. The Bertz CT molecular complexity index is 807. The van der Waals surface area contributed by atoms with Gasteiger partial charge in [-0.15, -0.1) is 12.4 Å². The Labute approximate surface area is 157 Å². The molecule has 1 aliphatic heterocycles. The predicted octanol–water partition coefficient (Wildman–Crippen LogP) is 2.90. The molecule has 26 heavy (non-hydrogen) atoms. The van der Waals surface area contributed by atoms with Gasteiger partial charge in [-0.05, 0) is 43.7 Å². The second kappa shape index (κ2) is 8.78. The molecule has 2 amide bonds. The van der Waals surface area contributed by atoms with E-state index in [-0.39, 0.29) is 29.9 Å². The summed E-state index contributed by atoms with van der Waals surface area (Å²) in [6, 6.07) is 11.0. The third-order valence-electron chi connectivity index (χ3n) is 4.27. The van der Waals surface area contributed by atoms with Gasteiger partial charge in [-0.25, -0.2) is 4.39 Å². The van der Waals surface area contributed by atoms with Crippen molar-refractivity contribution in [3.8, 4) is 0 Å². The highest BCUT2D eigenvalue weighted by atomic mass is 35.5. The number of rotatable bonds is 4. The van der Waals surface area contributed by atoms with E-state index in [2.05, 4.69) is 16.0 Å². The van der Waals surface area contributed by atoms with E-state index in [0.29, 0.717) is 11.3 Å². The number of para-hydroxylation sites is 1. The summed E-state index contributed by atoms with van der Waals surface area (Å²) in [5, 5.41) is 8.84. The Morgan fingerprint density at radius 3 is 2.50 bits per heavy atom. The number of carbonyl (C=O) groups excluding carboxylic acids is 2. The maximum absolute atomic E-state index is 13.8. The molecular formula is C19H21ClFN3O2. The molecule has 5 nitrogen and oxygen atoms in total. The molecule has 0 aliphatic carbocycles. The first-order valence-electron chi connectivity index (χ1n) is 8.23. The van der Waals surface area contributed by atoms with Crippen LogP contribution in [-0.2, 0) is 0 Å². The SMILES string of the molecule is Cc1cccc(C(=O)NC2CCNC2)c1NC(=O)c1ccccc1F.Cl. The van der Waals surface area contributed by atoms with Gasteiger partial charge in [0.2, 0.25) is 0 Å². The molecule has 3 rings (SSSR count). The van der Waals surface area contributed by atoms with E-state index >= 15 is 0 Å². The van der Waals surface area contributed by atoms with Gasteiger partial charge >= 0.3 is 0 Å². The summed E-state index contributed by atoms with van der Waals surface area (Å²) in [6.07, 6.45) is 0.870. The minimum atomic E-state index is -0.600. The van der Waals surface area contributed by atoms with Crippen molar-refractivity contribution in [2.45, 2.75) is 19.4 Å². The van der Waals surface area contributed by atoms with Gasteiger partial charge in [0.1, 0.15) is 5.82 Å². The maximum Gasteiger partial charge on any atom is 0.258 e. The predicted molar refractivity (Wildman–Crippen MR) is 102 cm³/mol. The Kier molecular flexibility index (Phi) is 6.71. The Balaban J connectivity index is 0.00000243. The average molecular weight is 378 g/mol. The molecule has 0 aromatic heterocycles. The van der Waals surface area contributed by atoms with E-state index in [0.717, 1.165) is 25.1 Å². The number of aryl methyl sites for hydroxylation is 1. The van der Waals surface area contributed by atoms with E-state index in [1.54, 1.807) is 31.2 Å². The fourth-order valence-corrected chi connectivity index (χ4v) is 2.89. The summed E-state index contributed by atoms with van der Waals surface area (Å²) >= 11 is 0. The average Bonchev–Trinajstić information content (AvgIpc) is 3.10. The van der Waals surface area contributed by atoms with Gasteiger partial charge in [-0.1, -0.05) is 24.3 Å². The molecule has 3 N–H and O–H groups in total. The fourth-order valence-electron chi connectivity index (χ4n) is 2.89. The lowest BCUT2D eigenvalue weighted by Crippen LogP contribution is -2.36. The molecule has 0 spiro atoms. The first-order valence-corrected chi connectivity index (χ1v) is 8.23. The fraction of sp³-hybridized carbons (Fsp3) is 0.263. The summed E-state index contributed by atoms with van der Waals surface area (Å²) in [4.78, 5) is 25.0. The normalized spacial score (nSPS) is 15.8. The summed E-state index contributed by atoms with van der Waals surface area (Å²) in [7, 11) is 0.